The van der Waals surface area contributed by atoms with Crippen LogP contribution in [0, 0.1) is 5.41 Å². The standard InChI is InChI=1S/C16H17ClF3NO4/c1-25-9-15(14(23)24)3-2-4-21(8-15)13(22)10-5-11(16(18,19)20)7-12(17)6-10/h5-7H,2-4,8-9H2,1H3,(H,23,24). The molecule has 0 saturated carbocycles. The van der Waals surface area contributed by atoms with Crippen molar-refractivity contribution in [3.63, 3.8) is 0 Å². The van der Waals surface area contributed by atoms with Gasteiger partial charge in [0, 0.05) is 30.8 Å². The first kappa shape index (κ1) is 19.5. The zero-order valence-electron chi connectivity index (χ0n) is 13.4. The van der Waals surface area contributed by atoms with Gasteiger partial charge in [-0.3, -0.25) is 9.59 Å². The Hall–Kier alpha value is -1.80. The number of carboxylic acids is 1. The molecular weight excluding hydrogens is 363 g/mol. The van der Waals surface area contributed by atoms with Crippen molar-refractivity contribution >= 4 is 23.5 Å². The van der Waals surface area contributed by atoms with Crippen molar-refractivity contribution in [3.8, 4) is 0 Å². The molecule has 1 unspecified atom stereocenters. The van der Waals surface area contributed by atoms with Crippen molar-refractivity contribution in [2.45, 2.75) is 19.0 Å². The van der Waals surface area contributed by atoms with Gasteiger partial charge in [0.15, 0.2) is 0 Å². The lowest BCUT2D eigenvalue weighted by Crippen LogP contribution is -2.52. The van der Waals surface area contributed by atoms with E-state index in [1.165, 1.54) is 12.0 Å². The van der Waals surface area contributed by atoms with Gasteiger partial charge in [0.2, 0.25) is 0 Å². The highest BCUT2D eigenvalue weighted by Gasteiger charge is 2.44. The maximum absolute atomic E-state index is 12.9. The number of rotatable bonds is 4. The molecule has 25 heavy (non-hydrogen) atoms. The van der Waals surface area contributed by atoms with Crippen molar-refractivity contribution < 1.29 is 32.6 Å². The summed E-state index contributed by atoms with van der Waals surface area (Å²) < 4.78 is 43.7. The van der Waals surface area contributed by atoms with E-state index in [4.69, 9.17) is 16.3 Å². The number of likely N-dealkylation sites (tertiary alicyclic amines) is 1. The van der Waals surface area contributed by atoms with Gasteiger partial charge in [-0.05, 0) is 31.0 Å². The Morgan fingerprint density at radius 3 is 2.60 bits per heavy atom. The number of methoxy groups -OCH3 is 1. The van der Waals surface area contributed by atoms with Crippen molar-refractivity contribution in [1.29, 1.82) is 0 Å². The highest BCUT2D eigenvalue weighted by molar-refractivity contribution is 6.31. The van der Waals surface area contributed by atoms with Crippen LogP contribution < -0.4 is 0 Å². The summed E-state index contributed by atoms with van der Waals surface area (Å²) in [6.45, 7) is 0.0315. The van der Waals surface area contributed by atoms with E-state index in [-0.39, 0.29) is 30.3 Å². The first-order valence-corrected chi connectivity index (χ1v) is 7.86. The Morgan fingerprint density at radius 1 is 1.36 bits per heavy atom. The number of hydrogen-bond donors (Lipinski definition) is 1. The molecular formula is C16H17ClF3NO4. The molecule has 1 amide bonds. The molecule has 1 aromatic carbocycles. The van der Waals surface area contributed by atoms with Crippen LogP contribution in [-0.4, -0.2) is 48.7 Å². The van der Waals surface area contributed by atoms with E-state index < -0.39 is 29.0 Å². The second-order valence-corrected chi connectivity index (χ2v) is 6.51. The smallest absolute Gasteiger partial charge is 0.416 e. The van der Waals surface area contributed by atoms with E-state index in [0.717, 1.165) is 18.2 Å². The van der Waals surface area contributed by atoms with E-state index in [0.29, 0.717) is 12.8 Å². The number of halogens is 4. The predicted octanol–water partition coefficient (Wildman–Crippen LogP) is 3.31. The first-order chi connectivity index (χ1) is 11.6. The van der Waals surface area contributed by atoms with E-state index in [1.807, 2.05) is 0 Å². The summed E-state index contributed by atoms with van der Waals surface area (Å²) in [4.78, 5) is 25.5. The van der Waals surface area contributed by atoms with E-state index in [1.54, 1.807) is 0 Å². The van der Waals surface area contributed by atoms with Gasteiger partial charge in [0.25, 0.3) is 5.91 Å². The number of alkyl halides is 3. The van der Waals surface area contributed by atoms with Crippen LogP contribution in [-0.2, 0) is 15.7 Å². The summed E-state index contributed by atoms with van der Waals surface area (Å²) in [5, 5.41) is 9.29. The van der Waals surface area contributed by atoms with E-state index >= 15 is 0 Å². The fourth-order valence-corrected chi connectivity index (χ4v) is 3.23. The van der Waals surface area contributed by atoms with Crippen LogP contribution >= 0.6 is 11.6 Å². The monoisotopic (exact) mass is 379 g/mol. The number of amides is 1. The first-order valence-electron chi connectivity index (χ1n) is 7.48. The molecule has 1 aliphatic rings. The minimum absolute atomic E-state index is 0.0878. The van der Waals surface area contributed by atoms with Crippen LogP contribution in [0.4, 0.5) is 13.2 Å². The van der Waals surface area contributed by atoms with Crippen LogP contribution in [0.3, 0.4) is 0 Å². The highest BCUT2D eigenvalue weighted by atomic mass is 35.5. The molecule has 0 radical (unpaired) electrons. The van der Waals surface area contributed by atoms with Gasteiger partial charge >= 0.3 is 12.1 Å². The van der Waals surface area contributed by atoms with Crippen LogP contribution in [0.25, 0.3) is 0 Å². The number of carbonyl (C=O) groups is 2. The summed E-state index contributed by atoms with van der Waals surface area (Å²) in [5.74, 6) is -1.79. The Labute approximate surface area is 147 Å². The number of carboxylic acid groups (broad SMARTS) is 1. The van der Waals surface area contributed by atoms with Gasteiger partial charge in [-0.1, -0.05) is 11.6 Å². The summed E-state index contributed by atoms with van der Waals surface area (Å²) in [5.41, 5.74) is -2.52. The largest absolute Gasteiger partial charge is 0.481 e. The lowest BCUT2D eigenvalue weighted by molar-refractivity contribution is -0.155. The van der Waals surface area contributed by atoms with Gasteiger partial charge in [0.1, 0.15) is 5.41 Å². The molecule has 1 N–H and O–H groups in total. The third kappa shape index (κ3) is 4.24. The molecule has 9 heteroatoms. The molecule has 5 nitrogen and oxygen atoms in total. The minimum atomic E-state index is -4.64. The Bertz CT molecular complexity index is 676. The molecule has 0 spiro atoms. The molecule has 1 fully saturated rings. The maximum Gasteiger partial charge on any atom is 0.416 e. The zero-order chi connectivity index (χ0) is 18.8. The van der Waals surface area contributed by atoms with Crippen LogP contribution in [0.1, 0.15) is 28.8 Å². The topological polar surface area (TPSA) is 66.8 Å². The summed E-state index contributed by atoms with van der Waals surface area (Å²) in [6.07, 6.45) is -3.90. The quantitative estimate of drug-likeness (QED) is 0.871. The highest BCUT2D eigenvalue weighted by Crippen LogP contribution is 2.34. The summed E-state index contributed by atoms with van der Waals surface area (Å²) >= 11 is 5.71. The third-order valence-corrected chi connectivity index (χ3v) is 4.43. The zero-order valence-corrected chi connectivity index (χ0v) is 14.2. The summed E-state index contributed by atoms with van der Waals surface area (Å²) in [6, 6.07) is 2.61. The molecule has 138 valence electrons. The van der Waals surface area contributed by atoms with Crippen molar-refractivity contribution in [2.24, 2.45) is 5.41 Å². The average Bonchev–Trinajstić information content (AvgIpc) is 2.53. The average molecular weight is 380 g/mol. The predicted molar refractivity (Wildman–Crippen MR) is 83.5 cm³/mol. The number of piperidine rings is 1. The van der Waals surface area contributed by atoms with Gasteiger partial charge in [-0.2, -0.15) is 13.2 Å². The van der Waals surface area contributed by atoms with Crippen LogP contribution in [0.5, 0.6) is 0 Å². The number of aliphatic carboxylic acids is 1. The maximum atomic E-state index is 12.9. The fraction of sp³-hybridized carbons (Fsp3) is 0.500. The minimum Gasteiger partial charge on any atom is -0.481 e. The SMILES string of the molecule is COCC1(C(=O)O)CCCN(C(=O)c2cc(Cl)cc(C(F)(F)F)c2)C1. The lowest BCUT2D eigenvalue weighted by atomic mass is 9.80. The molecule has 1 atom stereocenters. The normalized spacial score (nSPS) is 21.2. The van der Waals surface area contributed by atoms with Crippen molar-refractivity contribution in [3.05, 3.63) is 34.3 Å². The molecule has 2 rings (SSSR count). The molecule has 0 aromatic heterocycles. The third-order valence-electron chi connectivity index (χ3n) is 4.21. The number of ether oxygens (including phenoxy) is 1. The fourth-order valence-electron chi connectivity index (χ4n) is 2.99. The van der Waals surface area contributed by atoms with Crippen molar-refractivity contribution in [1.82, 2.24) is 4.90 Å². The molecule has 0 bridgehead atoms. The molecule has 1 aliphatic heterocycles. The second-order valence-electron chi connectivity index (χ2n) is 6.08. The number of hydrogen-bond acceptors (Lipinski definition) is 3. The van der Waals surface area contributed by atoms with Gasteiger partial charge in [-0.15, -0.1) is 0 Å². The Balaban J connectivity index is 2.31. The molecule has 1 saturated heterocycles. The number of nitrogens with zero attached hydrogens (tertiary/aromatic N) is 1. The van der Waals surface area contributed by atoms with Crippen LogP contribution in [0.15, 0.2) is 18.2 Å². The second kappa shape index (κ2) is 7.21. The number of benzene rings is 1. The summed E-state index contributed by atoms with van der Waals surface area (Å²) in [7, 11) is 1.36. The van der Waals surface area contributed by atoms with Gasteiger partial charge < -0.3 is 14.7 Å². The number of carbonyl (C=O) groups excluding carboxylic acids is 1. The van der Waals surface area contributed by atoms with E-state index in [9.17, 15) is 27.9 Å². The Kier molecular flexibility index (Phi) is 5.63. The molecule has 0 aliphatic carbocycles. The lowest BCUT2D eigenvalue weighted by Gasteiger charge is -2.39. The van der Waals surface area contributed by atoms with E-state index in [2.05, 4.69) is 0 Å². The molecule has 1 aromatic rings. The molecule has 1 heterocycles. The Morgan fingerprint density at radius 2 is 2.04 bits per heavy atom. The van der Waals surface area contributed by atoms with Crippen LogP contribution in [0.2, 0.25) is 5.02 Å². The van der Waals surface area contributed by atoms with Crippen molar-refractivity contribution in [2.75, 3.05) is 26.8 Å². The van der Waals surface area contributed by atoms with Gasteiger partial charge in [0.05, 0.1) is 12.2 Å². The van der Waals surface area contributed by atoms with Gasteiger partial charge in [-0.25, -0.2) is 0 Å².